The first-order valence-electron chi connectivity index (χ1n) is 5.50. The summed E-state index contributed by atoms with van der Waals surface area (Å²) in [4.78, 5) is 7.62. The lowest BCUT2D eigenvalue weighted by molar-refractivity contribution is -0.137. The van der Waals surface area contributed by atoms with Gasteiger partial charge < -0.3 is 15.8 Å². The van der Waals surface area contributed by atoms with Crippen molar-refractivity contribution >= 4 is 17.3 Å². The average molecular weight is 284 g/mol. The van der Waals surface area contributed by atoms with E-state index in [0.29, 0.717) is 0 Å². The molecule has 0 amide bonds. The molecule has 2 aromatic rings. The van der Waals surface area contributed by atoms with E-state index in [2.05, 4.69) is 15.3 Å². The van der Waals surface area contributed by atoms with Gasteiger partial charge in [0.1, 0.15) is 6.33 Å². The van der Waals surface area contributed by atoms with Crippen LogP contribution in [0, 0.1) is 0 Å². The summed E-state index contributed by atoms with van der Waals surface area (Å²) in [6.45, 7) is 0. The van der Waals surface area contributed by atoms with Gasteiger partial charge in [0.25, 0.3) is 0 Å². The predicted octanol–water partition coefficient (Wildman–Crippen LogP) is 2.83. The highest BCUT2D eigenvalue weighted by molar-refractivity contribution is 5.68. The lowest BCUT2D eigenvalue weighted by Crippen LogP contribution is -2.06. The molecule has 0 radical (unpaired) electrons. The lowest BCUT2D eigenvalue weighted by Gasteiger charge is -2.12. The van der Waals surface area contributed by atoms with Crippen molar-refractivity contribution in [3.8, 4) is 5.75 Å². The Bertz CT molecular complexity index is 616. The summed E-state index contributed by atoms with van der Waals surface area (Å²) in [5.74, 6) is 0.459. The molecule has 5 nitrogen and oxygen atoms in total. The van der Waals surface area contributed by atoms with Gasteiger partial charge in [-0.15, -0.1) is 0 Å². The number of aromatic nitrogens is 2. The molecule has 1 aromatic heterocycles. The van der Waals surface area contributed by atoms with Crippen molar-refractivity contribution in [2.45, 2.75) is 6.18 Å². The molecule has 0 saturated heterocycles. The van der Waals surface area contributed by atoms with Crippen molar-refractivity contribution in [3.05, 3.63) is 36.2 Å². The van der Waals surface area contributed by atoms with Gasteiger partial charge >= 0.3 is 6.18 Å². The fourth-order valence-electron chi connectivity index (χ4n) is 1.59. The molecule has 0 aliphatic heterocycles. The second-order valence-corrected chi connectivity index (χ2v) is 3.84. The van der Waals surface area contributed by atoms with E-state index >= 15 is 0 Å². The first-order chi connectivity index (χ1) is 9.41. The van der Waals surface area contributed by atoms with E-state index in [0.717, 1.165) is 12.1 Å². The third-order valence-electron chi connectivity index (χ3n) is 2.49. The lowest BCUT2D eigenvalue weighted by atomic mass is 10.2. The molecule has 0 aliphatic rings. The van der Waals surface area contributed by atoms with E-state index in [4.69, 9.17) is 10.5 Å². The number of nitrogen functional groups attached to an aromatic ring is 1. The van der Waals surface area contributed by atoms with Crippen LogP contribution in [-0.2, 0) is 6.18 Å². The van der Waals surface area contributed by atoms with E-state index in [1.807, 2.05) is 0 Å². The number of nitrogens with one attached hydrogen (secondary N) is 1. The van der Waals surface area contributed by atoms with Gasteiger partial charge in [-0.3, -0.25) is 0 Å². The minimum Gasteiger partial charge on any atom is -0.490 e. The van der Waals surface area contributed by atoms with Gasteiger partial charge in [-0.2, -0.15) is 13.2 Å². The van der Waals surface area contributed by atoms with E-state index in [-0.39, 0.29) is 23.1 Å². The summed E-state index contributed by atoms with van der Waals surface area (Å²) in [7, 11) is 1.37. The standard InChI is InChI=1S/C12H11F3N4O/c1-20-9-10(16)17-6-18-11(9)19-8-4-2-3-7(5-8)12(13,14)15/h2-6H,1H3,(H3,16,17,18,19). The van der Waals surface area contributed by atoms with Crippen LogP contribution in [0.2, 0.25) is 0 Å². The van der Waals surface area contributed by atoms with Crippen molar-refractivity contribution in [2.24, 2.45) is 0 Å². The van der Waals surface area contributed by atoms with Crippen LogP contribution in [0.4, 0.5) is 30.5 Å². The van der Waals surface area contributed by atoms with Crippen molar-refractivity contribution in [3.63, 3.8) is 0 Å². The molecule has 0 bridgehead atoms. The molecule has 1 heterocycles. The number of ether oxygens (including phenoxy) is 1. The van der Waals surface area contributed by atoms with Crippen molar-refractivity contribution in [1.29, 1.82) is 0 Å². The highest BCUT2D eigenvalue weighted by Crippen LogP contribution is 2.33. The van der Waals surface area contributed by atoms with Crippen LogP contribution in [0.5, 0.6) is 5.75 Å². The Hall–Kier alpha value is -2.51. The smallest absolute Gasteiger partial charge is 0.416 e. The Balaban J connectivity index is 2.34. The van der Waals surface area contributed by atoms with Gasteiger partial charge in [-0.25, -0.2) is 9.97 Å². The summed E-state index contributed by atoms with van der Waals surface area (Å²) in [5.41, 5.74) is 5.05. The number of halogens is 3. The Labute approximate surface area is 112 Å². The van der Waals surface area contributed by atoms with E-state index in [1.54, 1.807) is 0 Å². The summed E-state index contributed by atoms with van der Waals surface area (Å²) < 4.78 is 42.9. The van der Waals surface area contributed by atoms with Crippen LogP contribution in [0.3, 0.4) is 0 Å². The molecule has 1 aromatic carbocycles. The molecule has 0 fully saturated rings. The van der Waals surface area contributed by atoms with Gasteiger partial charge in [0.2, 0.25) is 5.75 Å². The second-order valence-electron chi connectivity index (χ2n) is 3.84. The minimum absolute atomic E-state index is 0.0944. The molecule has 0 spiro atoms. The zero-order chi connectivity index (χ0) is 14.8. The molecule has 0 unspecified atom stereocenters. The highest BCUT2D eigenvalue weighted by atomic mass is 19.4. The first kappa shape index (κ1) is 13.9. The molecule has 2 rings (SSSR count). The van der Waals surface area contributed by atoms with E-state index in [9.17, 15) is 13.2 Å². The highest BCUT2D eigenvalue weighted by Gasteiger charge is 2.30. The van der Waals surface area contributed by atoms with Crippen molar-refractivity contribution in [2.75, 3.05) is 18.2 Å². The van der Waals surface area contributed by atoms with E-state index in [1.165, 1.54) is 25.6 Å². The van der Waals surface area contributed by atoms with Gasteiger partial charge in [-0.05, 0) is 18.2 Å². The number of methoxy groups -OCH3 is 1. The quantitative estimate of drug-likeness (QED) is 0.906. The summed E-state index contributed by atoms with van der Waals surface area (Å²) in [5, 5.41) is 2.72. The number of nitrogens with zero attached hydrogens (tertiary/aromatic N) is 2. The number of hydrogen-bond donors (Lipinski definition) is 2. The van der Waals surface area contributed by atoms with Gasteiger partial charge in [0.05, 0.1) is 12.7 Å². The Morgan fingerprint density at radius 1 is 1.25 bits per heavy atom. The molecule has 8 heteroatoms. The largest absolute Gasteiger partial charge is 0.490 e. The van der Waals surface area contributed by atoms with E-state index < -0.39 is 11.7 Å². The fraction of sp³-hybridized carbons (Fsp3) is 0.167. The van der Waals surface area contributed by atoms with Crippen LogP contribution >= 0.6 is 0 Å². The van der Waals surface area contributed by atoms with Crippen molar-refractivity contribution in [1.82, 2.24) is 9.97 Å². The fourth-order valence-corrected chi connectivity index (χ4v) is 1.59. The zero-order valence-corrected chi connectivity index (χ0v) is 10.4. The number of rotatable bonds is 3. The third-order valence-corrected chi connectivity index (χ3v) is 2.49. The number of anilines is 3. The summed E-state index contributed by atoms with van der Waals surface area (Å²) >= 11 is 0. The Morgan fingerprint density at radius 2 is 2.00 bits per heavy atom. The van der Waals surface area contributed by atoms with Crippen LogP contribution in [0.1, 0.15) is 5.56 Å². The predicted molar refractivity (Wildman–Crippen MR) is 67.7 cm³/mol. The van der Waals surface area contributed by atoms with Gasteiger partial charge in [-0.1, -0.05) is 6.07 Å². The summed E-state index contributed by atoms with van der Waals surface area (Å²) in [6, 6.07) is 4.73. The number of nitrogens with two attached hydrogens (primary N) is 1. The van der Waals surface area contributed by atoms with Crippen LogP contribution in [0.25, 0.3) is 0 Å². The van der Waals surface area contributed by atoms with Gasteiger partial charge in [0, 0.05) is 5.69 Å². The third kappa shape index (κ3) is 2.90. The number of benzene rings is 1. The molecule has 0 atom stereocenters. The summed E-state index contributed by atoms with van der Waals surface area (Å²) in [6.07, 6.45) is -3.22. The molecule has 0 aliphatic carbocycles. The Kier molecular flexibility index (Phi) is 3.64. The number of alkyl halides is 3. The molecule has 0 saturated carbocycles. The molecule has 3 N–H and O–H groups in total. The van der Waals surface area contributed by atoms with Crippen molar-refractivity contribution < 1.29 is 17.9 Å². The molecule has 106 valence electrons. The molecular weight excluding hydrogens is 273 g/mol. The maximum atomic E-state index is 12.6. The average Bonchev–Trinajstić information content (AvgIpc) is 2.38. The SMILES string of the molecule is COc1c(N)ncnc1Nc1cccc(C(F)(F)F)c1. The minimum atomic E-state index is -4.41. The first-order valence-corrected chi connectivity index (χ1v) is 5.50. The molecule has 20 heavy (non-hydrogen) atoms. The zero-order valence-electron chi connectivity index (χ0n) is 10.4. The topological polar surface area (TPSA) is 73.1 Å². The van der Waals surface area contributed by atoms with Crippen LogP contribution in [0.15, 0.2) is 30.6 Å². The number of hydrogen-bond acceptors (Lipinski definition) is 5. The normalized spacial score (nSPS) is 11.2. The van der Waals surface area contributed by atoms with Crippen LogP contribution < -0.4 is 15.8 Å². The monoisotopic (exact) mass is 284 g/mol. The maximum absolute atomic E-state index is 12.6. The molecular formula is C12H11F3N4O. The Morgan fingerprint density at radius 3 is 2.65 bits per heavy atom. The van der Waals surface area contributed by atoms with Gasteiger partial charge in [0.15, 0.2) is 11.6 Å². The maximum Gasteiger partial charge on any atom is 0.416 e. The van der Waals surface area contributed by atoms with Crippen LogP contribution in [-0.4, -0.2) is 17.1 Å². The second kappa shape index (κ2) is 5.24.